The van der Waals surface area contributed by atoms with Gasteiger partial charge in [-0.2, -0.15) is 4.99 Å². The minimum Gasteiger partial charge on any atom is -0.369 e. The zero-order valence-corrected chi connectivity index (χ0v) is 14.2. The van der Waals surface area contributed by atoms with Gasteiger partial charge in [-0.25, -0.2) is 4.99 Å². The maximum Gasteiger partial charge on any atom is 0.249 e. The molecular weight excluding hydrogens is 360 g/mol. The number of anilines is 1. The number of benzene rings is 1. The lowest BCUT2D eigenvalue weighted by molar-refractivity contribution is 0.0999. The molecule has 1 saturated carbocycles. The van der Waals surface area contributed by atoms with Crippen molar-refractivity contribution in [3.8, 4) is 0 Å². The van der Waals surface area contributed by atoms with Crippen molar-refractivity contribution >= 4 is 39.4 Å². The Labute approximate surface area is 142 Å². The summed E-state index contributed by atoms with van der Waals surface area (Å²) in [5, 5.41) is 0. The Hall–Kier alpha value is -2.09. The van der Waals surface area contributed by atoms with E-state index in [1.807, 2.05) is 11.0 Å². The van der Waals surface area contributed by atoms with E-state index in [9.17, 15) is 4.79 Å². The fraction of sp³-hybridized carbons (Fsp3) is 0.400. The van der Waals surface area contributed by atoms with Crippen molar-refractivity contribution in [3.05, 3.63) is 28.2 Å². The molecule has 122 valence electrons. The molecule has 1 aliphatic heterocycles. The Morgan fingerprint density at radius 2 is 1.91 bits per heavy atom. The number of rotatable bonds is 2. The average molecular weight is 379 g/mol. The van der Waals surface area contributed by atoms with Crippen LogP contribution in [0.15, 0.2) is 32.7 Å². The molecule has 0 saturated heterocycles. The minimum absolute atomic E-state index is 0.202. The molecule has 0 unspecified atom stereocenters. The van der Waals surface area contributed by atoms with E-state index < -0.39 is 11.6 Å². The van der Waals surface area contributed by atoms with E-state index in [0.717, 1.165) is 37.8 Å². The summed E-state index contributed by atoms with van der Waals surface area (Å²) >= 11 is 3.34. The van der Waals surface area contributed by atoms with E-state index in [1.54, 1.807) is 12.1 Å². The number of halogens is 1. The lowest BCUT2D eigenvalue weighted by Crippen LogP contribution is -2.58. The summed E-state index contributed by atoms with van der Waals surface area (Å²) in [6, 6.07) is 5.36. The number of amides is 1. The molecule has 7 nitrogen and oxygen atoms in total. The summed E-state index contributed by atoms with van der Waals surface area (Å²) in [6.45, 7) is 0. The molecule has 8 heteroatoms. The summed E-state index contributed by atoms with van der Waals surface area (Å²) in [5.41, 5.74) is 18.0. The van der Waals surface area contributed by atoms with E-state index in [0.29, 0.717) is 10.0 Å². The van der Waals surface area contributed by atoms with Crippen LogP contribution >= 0.6 is 15.9 Å². The molecule has 1 fully saturated rings. The van der Waals surface area contributed by atoms with Crippen LogP contribution in [0.25, 0.3) is 0 Å². The first-order chi connectivity index (χ1) is 10.9. The maximum atomic E-state index is 11.6. The first-order valence-electron chi connectivity index (χ1n) is 7.52. The third kappa shape index (κ3) is 2.78. The van der Waals surface area contributed by atoms with Gasteiger partial charge in [0.15, 0.2) is 0 Å². The van der Waals surface area contributed by atoms with E-state index in [4.69, 9.17) is 17.2 Å². The van der Waals surface area contributed by atoms with Crippen molar-refractivity contribution in [1.82, 2.24) is 0 Å². The third-order valence-corrected chi connectivity index (χ3v) is 5.02. The second-order valence-electron chi connectivity index (χ2n) is 5.85. The summed E-state index contributed by atoms with van der Waals surface area (Å²) in [7, 11) is 0. The van der Waals surface area contributed by atoms with E-state index in [-0.39, 0.29) is 11.9 Å². The lowest BCUT2D eigenvalue weighted by Gasteiger charge is -2.45. The average Bonchev–Trinajstić information content (AvgIpc) is 2.48. The molecule has 1 aromatic carbocycles. The zero-order valence-electron chi connectivity index (χ0n) is 12.6. The molecule has 1 aromatic rings. The third-order valence-electron chi connectivity index (χ3n) is 4.33. The van der Waals surface area contributed by atoms with Gasteiger partial charge in [0.1, 0.15) is 5.66 Å². The highest BCUT2D eigenvalue weighted by Gasteiger charge is 2.42. The number of carbonyl (C=O) groups excluding carboxylic acids is 1. The van der Waals surface area contributed by atoms with Gasteiger partial charge in [0, 0.05) is 10.2 Å². The normalized spacial score (nSPS) is 20.1. The number of guanidine groups is 2. The van der Waals surface area contributed by atoms with Crippen molar-refractivity contribution in [2.24, 2.45) is 27.2 Å². The number of hydrogen-bond donors (Lipinski definition) is 3. The van der Waals surface area contributed by atoms with Gasteiger partial charge < -0.3 is 17.2 Å². The van der Waals surface area contributed by atoms with Crippen molar-refractivity contribution in [2.45, 2.75) is 37.8 Å². The van der Waals surface area contributed by atoms with E-state index in [1.165, 1.54) is 0 Å². The lowest BCUT2D eigenvalue weighted by atomic mass is 9.87. The van der Waals surface area contributed by atoms with Crippen LogP contribution in [0.4, 0.5) is 5.69 Å². The summed E-state index contributed by atoms with van der Waals surface area (Å²) in [5.74, 6) is -0.0167. The van der Waals surface area contributed by atoms with Gasteiger partial charge in [-0.3, -0.25) is 9.69 Å². The number of carbonyl (C=O) groups is 1. The number of hydrogen-bond acceptors (Lipinski definition) is 6. The van der Waals surface area contributed by atoms with Crippen molar-refractivity contribution in [1.29, 1.82) is 0 Å². The van der Waals surface area contributed by atoms with Gasteiger partial charge in [-0.15, -0.1) is 0 Å². The molecule has 23 heavy (non-hydrogen) atoms. The van der Waals surface area contributed by atoms with Crippen LogP contribution in [0.3, 0.4) is 0 Å². The topological polar surface area (TPSA) is 123 Å². The van der Waals surface area contributed by atoms with Gasteiger partial charge in [0.2, 0.25) is 17.8 Å². The summed E-state index contributed by atoms with van der Waals surface area (Å²) in [4.78, 5) is 22.2. The van der Waals surface area contributed by atoms with Crippen LogP contribution in [0.5, 0.6) is 0 Å². The molecule has 0 atom stereocenters. The predicted molar refractivity (Wildman–Crippen MR) is 94.2 cm³/mol. The fourth-order valence-electron chi connectivity index (χ4n) is 3.34. The molecule has 0 bridgehead atoms. The SMILES string of the molecule is NC(=O)c1cc(N2C(N)=NC(N)=NC23CCCCC3)ccc1Br. The molecular formula is C15H19BrN6O. The van der Waals surface area contributed by atoms with Crippen LogP contribution in [-0.2, 0) is 0 Å². The number of nitrogens with two attached hydrogens (primary N) is 3. The highest BCUT2D eigenvalue weighted by Crippen LogP contribution is 2.40. The molecule has 1 heterocycles. The van der Waals surface area contributed by atoms with Crippen LogP contribution in [-0.4, -0.2) is 23.5 Å². The van der Waals surface area contributed by atoms with Crippen LogP contribution < -0.4 is 22.1 Å². The van der Waals surface area contributed by atoms with E-state index >= 15 is 0 Å². The number of nitrogens with zero attached hydrogens (tertiary/aromatic N) is 3. The predicted octanol–water partition coefficient (Wildman–Crippen LogP) is 1.66. The van der Waals surface area contributed by atoms with Gasteiger partial charge in [-0.05, 0) is 59.8 Å². The van der Waals surface area contributed by atoms with Gasteiger partial charge in [0.25, 0.3) is 0 Å². The molecule has 1 amide bonds. The highest BCUT2D eigenvalue weighted by atomic mass is 79.9. The van der Waals surface area contributed by atoms with Crippen molar-refractivity contribution in [3.63, 3.8) is 0 Å². The molecule has 1 aliphatic carbocycles. The first-order valence-corrected chi connectivity index (χ1v) is 8.31. The Morgan fingerprint density at radius 1 is 1.22 bits per heavy atom. The smallest absolute Gasteiger partial charge is 0.249 e. The quantitative estimate of drug-likeness (QED) is 0.723. The van der Waals surface area contributed by atoms with Gasteiger partial charge in [0.05, 0.1) is 5.56 Å². The standard InChI is InChI=1S/C15H19BrN6O/c16-11-5-4-9(8-10(11)12(17)23)22-14(19)20-13(18)21-15(22)6-2-1-3-7-15/h4-5,8H,1-3,6-7H2,(H2,17,23)(H4,18,19,20,21). The van der Waals surface area contributed by atoms with Crippen molar-refractivity contribution in [2.75, 3.05) is 4.90 Å². The maximum absolute atomic E-state index is 11.6. The Morgan fingerprint density at radius 3 is 2.57 bits per heavy atom. The van der Waals surface area contributed by atoms with Crippen molar-refractivity contribution < 1.29 is 4.79 Å². The minimum atomic E-state index is -0.531. The fourth-order valence-corrected chi connectivity index (χ4v) is 3.78. The Balaban J connectivity index is 2.10. The Kier molecular flexibility index (Phi) is 4.01. The van der Waals surface area contributed by atoms with Gasteiger partial charge >= 0.3 is 0 Å². The summed E-state index contributed by atoms with van der Waals surface area (Å²) < 4.78 is 0.641. The summed E-state index contributed by atoms with van der Waals surface area (Å²) in [6.07, 6.45) is 4.92. The van der Waals surface area contributed by atoms with Crippen LogP contribution in [0, 0.1) is 0 Å². The zero-order chi connectivity index (χ0) is 16.6. The highest BCUT2D eigenvalue weighted by molar-refractivity contribution is 9.10. The molecule has 0 aromatic heterocycles. The molecule has 3 rings (SSSR count). The largest absolute Gasteiger partial charge is 0.369 e. The molecule has 1 spiro atoms. The second-order valence-corrected chi connectivity index (χ2v) is 6.70. The van der Waals surface area contributed by atoms with Gasteiger partial charge in [-0.1, -0.05) is 6.42 Å². The molecule has 2 aliphatic rings. The first kappa shape index (κ1) is 15.8. The number of primary amides is 1. The van der Waals surface area contributed by atoms with Crippen LogP contribution in [0.1, 0.15) is 42.5 Å². The van der Waals surface area contributed by atoms with E-state index in [2.05, 4.69) is 25.9 Å². The second kappa shape index (κ2) is 5.84. The molecule has 0 radical (unpaired) electrons. The Bertz CT molecular complexity index is 708. The van der Waals surface area contributed by atoms with Crippen LogP contribution in [0.2, 0.25) is 0 Å². The monoisotopic (exact) mass is 378 g/mol. The number of aliphatic imine (C=N–C) groups is 2. The molecule has 6 N–H and O–H groups in total.